The number of rotatable bonds is 0. The van der Waals surface area contributed by atoms with Gasteiger partial charge in [-0.2, -0.15) is 0 Å². The van der Waals surface area contributed by atoms with Crippen LogP contribution in [0.1, 0.15) is 22.3 Å². The van der Waals surface area contributed by atoms with Gasteiger partial charge in [-0.15, -0.1) is 0 Å². The van der Waals surface area contributed by atoms with Crippen molar-refractivity contribution >= 4 is 23.1 Å². The summed E-state index contributed by atoms with van der Waals surface area (Å²) in [5.74, 6) is 0. The van der Waals surface area contributed by atoms with E-state index >= 15 is 0 Å². The molecule has 2 aliphatic rings. The molecule has 5 rings (SSSR count). The standard InChI is InChI=1S/C22H19OP/c1-12-5-9-16-18(11-12)24(23)21-15(4)7-6-13(2)20(21)17-10-8-14(3)19(16)22(17)24/h5-11H,1-4H3. The third-order valence-corrected chi connectivity index (χ3v) is 8.98. The highest BCUT2D eigenvalue weighted by molar-refractivity contribution is 7.87. The molecule has 1 atom stereocenters. The summed E-state index contributed by atoms with van der Waals surface area (Å²) in [6, 6.07) is 15.1. The summed E-state index contributed by atoms with van der Waals surface area (Å²) in [4.78, 5) is 0. The zero-order chi connectivity index (χ0) is 16.8. The van der Waals surface area contributed by atoms with E-state index in [4.69, 9.17) is 0 Å². The topological polar surface area (TPSA) is 17.1 Å². The van der Waals surface area contributed by atoms with Gasteiger partial charge in [0.1, 0.15) is 0 Å². The molecule has 0 aliphatic carbocycles. The molecule has 0 spiro atoms. The second-order valence-electron chi connectivity index (χ2n) is 7.21. The minimum absolute atomic E-state index is 1.04. The summed E-state index contributed by atoms with van der Waals surface area (Å²) in [5, 5.41) is 3.21. The predicted octanol–water partition coefficient (Wildman–Crippen LogP) is 4.52. The molecule has 0 bridgehead atoms. The molecule has 1 unspecified atom stereocenters. The second kappa shape index (κ2) is 4.29. The van der Waals surface area contributed by atoms with Gasteiger partial charge in [0.15, 0.2) is 7.14 Å². The lowest BCUT2D eigenvalue weighted by atomic mass is 9.92. The molecule has 3 aromatic carbocycles. The van der Waals surface area contributed by atoms with Crippen LogP contribution in [0.3, 0.4) is 0 Å². The average molecular weight is 330 g/mol. The fraction of sp³-hybridized carbons (Fsp3) is 0.182. The Hall–Kier alpha value is -2.11. The first-order chi connectivity index (χ1) is 11.4. The summed E-state index contributed by atoms with van der Waals surface area (Å²) >= 11 is 0. The minimum atomic E-state index is -2.75. The zero-order valence-corrected chi connectivity index (χ0v) is 15.3. The number of hydrogen-bond donors (Lipinski definition) is 0. The van der Waals surface area contributed by atoms with E-state index < -0.39 is 7.14 Å². The Labute approximate surface area is 142 Å². The lowest BCUT2D eigenvalue weighted by molar-refractivity contribution is 0.593. The van der Waals surface area contributed by atoms with Crippen molar-refractivity contribution in [3.63, 3.8) is 0 Å². The lowest BCUT2D eigenvalue weighted by Gasteiger charge is -2.16. The average Bonchev–Trinajstić information content (AvgIpc) is 2.97. The normalized spacial score (nSPS) is 19.2. The van der Waals surface area contributed by atoms with E-state index in [1.807, 2.05) is 0 Å². The van der Waals surface area contributed by atoms with Crippen molar-refractivity contribution in [1.82, 2.24) is 0 Å². The van der Waals surface area contributed by atoms with Crippen LogP contribution in [-0.4, -0.2) is 0 Å². The van der Waals surface area contributed by atoms with Gasteiger partial charge in [0.05, 0.1) is 0 Å². The van der Waals surface area contributed by atoms with Crippen molar-refractivity contribution in [3.05, 3.63) is 64.7 Å². The van der Waals surface area contributed by atoms with Crippen molar-refractivity contribution in [2.45, 2.75) is 27.7 Å². The third kappa shape index (κ3) is 1.41. The van der Waals surface area contributed by atoms with Gasteiger partial charge in [-0.05, 0) is 72.7 Å². The summed E-state index contributed by atoms with van der Waals surface area (Å²) < 4.78 is 14.6. The van der Waals surface area contributed by atoms with E-state index in [1.165, 1.54) is 38.9 Å². The predicted molar refractivity (Wildman–Crippen MR) is 103 cm³/mol. The van der Waals surface area contributed by atoms with Gasteiger partial charge in [0, 0.05) is 15.9 Å². The first-order valence-corrected chi connectivity index (χ1v) is 10.1. The summed E-state index contributed by atoms with van der Waals surface area (Å²) in [5.41, 5.74) is 9.54. The van der Waals surface area contributed by atoms with E-state index in [0.29, 0.717) is 0 Å². The molecule has 0 radical (unpaired) electrons. The summed E-state index contributed by atoms with van der Waals surface area (Å²) in [6.45, 7) is 8.46. The van der Waals surface area contributed by atoms with Gasteiger partial charge in [-0.25, -0.2) is 0 Å². The smallest absolute Gasteiger partial charge is 0.173 e. The number of hydrogen-bond acceptors (Lipinski definition) is 1. The van der Waals surface area contributed by atoms with Gasteiger partial charge in [-0.3, -0.25) is 0 Å². The van der Waals surface area contributed by atoms with Gasteiger partial charge < -0.3 is 4.57 Å². The van der Waals surface area contributed by atoms with Crippen molar-refractivity contribution in [2.24, 2.45) is 0 Å². The van der Waals surface area contributed by atoms with Crippen LogP contribution in [0, 0.1) is 27.7 Å². The van der Waals surface area contributed by atoms with E-state index in [1.54, 1.807) is 0 Å². The summed E-state index contributed by atoms with van der Waals surface area (Å²) in [7, 11) is -2.75. The Kier molecular flexibility index (Phi) is 2.55. The molecule has 2 heteroatoms. The van der Waals surface area contributed by atoms with Crippen LogP contribution in [0.5, 0.6) is 0 Å². The molecule has 0 saturated carbocycles. The van der Waals surface area contributed by atoms with Crippen LogP contribution in [0.4, 0.5) is 0 Å². The van der Waals surface area contributed by atoms with Crippen LogP contribution >= 0.6 is 7.14 Å². The highest BCUT2D eigenvalue weighted by Gasteiger charge is 2.49. The molecule has 0 amide bonds. The fourth-order valence-corrected chi connectivity index (χ4v) is 8.51. The van der Waals surface area contributed by atoms with Crippen molar-refractivity contribution in [2.75, 3.05) is 0 Å². The molecule has 2 aliphatic heterocycles. The Morgan fingerprint density at radius 3 is 2.00 bits per heavy atom. The Morgan fingerprint density at radius 1 is 0.667 bits per heavy atom. The van der Waals surface area contributed by atoms with E-state index in [2.05, 4.69) is 70.2 Å². The van der Waals surface area contributed by atoms with Gasteiger partial charge in [0.25, 0.3) is 0 Å². The largest absolute Gasteiger partial charge is 0.309 e. The molecule has 2 heterocycles. The second-order valence-corrected chi connectivity index (χ2v) is 9.80. The van der Waals surface area contributed by atoms with E-state index in [9.17, 15) is 4.57 Å². The highest BCUT2D eigenvalue weighted by atomic mass is 31.2. The molecule has 0 saturated heterocycles. The maximum absolute atomic E-state index is 14.6. The fourth-order valence-electron chi connectivity index (χ4n) is 4.57. The Bertz CT molecular complexity index is 1120. The van der Waals surface area contributed by atoms with Crippen molar-refractivity contribution in [3.8, 4) is 22.3 Å². The van der Waals surface area contributed by atoms with Crippen LogP contribution in [0.15, 0.2) is 42.5 Å². The first kappa shape index (κ1) is 14.3. The molecule has 0 fully saturated rings. The minimum Gasteiger partial charge on any atom is -0.309 e. The van der Waals surface area contributed by atoms with Crippen LogP contribution < -0.4 is 15.9 Å². The summed E-state index contributed by atoms with van der Waals surface area (Å²) in [6.07, 6.45) is 0. The molecule has 1 nitrogen and oxygen atoms in total. The number of fused-ring (bicyclic) bond motifs is 6. The molecule has 0 aromatic heterocycles. The van der Waals surface area contributed by atoms with Crippen LogP contribution in [0.25, 0.3) is 22.3 Å². The Balaban J connectivity index is 2.08. The van der Waals surface area contributed by atoms with E-state index in [-0.39, 0.29) is 0 Å². The van der Waals surface area contributed by atoms with Gasteiger partial charge in [0.2, 0.25) is 0 Å². The molecular formula is C22H19OP. The van der Waals surface area contributed by atoms with Crippen molar-refractivity contribution in [1.29, 1.82) is 0 Å². The maximum Gasteiger partial charge on any atom is 0.173 e. The first-order valence-electron chi connectivity index (χ1n) is 8.41. The molecule has 118 valence electrons. The maximum atomic E-state index is 14.6. The molecule has 24 heavy (non-hydrogen) atoms. The Morgan fingerprint density at radius 2 is 1.25 bits per heavy atom. The van der Waals surface area contributed by atoms with Gasteiger partial charge in [-0.1, -0.05) is 42.0 Å². The third-order valence-electron chi connectivity index (χ3n) is 5.64. The SMILES string of the molecule is Cc1ccc2c(c1)P1(=O)c3c(C)ccc(C)c3-c3ccc(C)c-2c31. The molecule has 3 aromatic rings. The highest BCUT2D eigenvalue weighted by Crippen LogP contribution is 2.61. The zero-order valence-electron chi connectivity index (χ0n) is 14.4. The van der Waals surface area contributed by atoms with Crippen LogP contribution in [0.2, 0.25) is 0 Å². The molecule has 0 N–H and O–H groups in total. The quantitative estimate of drug-likeness (QED) is 0.382. The van der Waals surface area contributed by atoms with Gasteiger partial charge >= 0.3 is 0 Å². The van der Waals surface area contributed by atoms with Crippen molar-refractivity contribution < 1.29 is 4.57 Å². The monoisotopic (exact) mass is 330 g/mol. The number of aryl methyl sites for hydroxylation is 4. The molecular weight excluding hydrogens is 311 g/mol. The number of benzene rings is 3. The van der Waals surface area contributed by atoms with E-state index in [0.717, 1.165) is 21.5 Å². The lowest BCUT2D eigenvalue weighted by Crippen LogP contribution is -2.19. The van der Waals surface area contributed by atoms with Crippen LogP contribution in [-0.2, 0) is 4.57 Å².